The number of nitrogens with one attached hydrogen (secondary N) is 1. The molecule has 8 heteroatoms. The molecule has 2 heterocycles. The summed E-state index contributed by atoms with van der Waals surface area (Å²) in [6, 6.07) is 11.5. The number of carbonyl (C=O) groups excluding carboxylic acids is 1. The molecule has 0 aliphatic heterocycles. The number of aryl methyl sites for hydroxylation is 1. The van der Waals surface area contributed by atoms with Crippen molar-refractivity contribution in [3.8, 4) is 5.69 Å². The number of para-hydroxylation sites is 1. The van der Waals surface area contributed by atoms with E-state index in [0.29, 0.717) is 16.7 Å². The lowest BCUT2D eigenvalue weighted by Crippen LogP contribution is -2.13. The Morgan fingerprint density at radius 2 is 2.08 bits per heavy atom. The van der Waals surface area contributed by atoms with Gasteiger partial charge in [-0.3, -0.25) is 10.1 Å². The average Bonchev–Trinajstić information content (AvgIpc) is 3.20. The summed E-state index contributed by atoms with van der Waals surface area (Å²) >= 11 is 1.28. The molecule has 0 spiro atoms. The van der Waals surface area contributed by atoms with Gasteiger partial charge in [0.1, 0.15) is 5.82 Å². The number of benzene rings is 1. The van der Waals surface area contributed by atoms with Gasteiger partial charge >= 0.3 is 0 Å². The fourth-order valence-electron chi connectivity index (χ4n) is 2.22. The van der Waals surface area contributed by atoms with Gasteiger partial charge in [-0.25, -0.2) is 9.67 Å². The van der Waals surface area contributed by atoms with E-state index in [9.17, 15) is 4.79 Å². The number of thioether (sulfide) groups is 1. The zero-order valence-electron chi connectivity index (χ0n) is 14.3. The lowest BCUT2D eigenvalue weighted by atomic mass is 10.2. The topological polar surface area (TPSA) is 85.8 Å². The Balaban J connectivity index is 1.69. The molecule has 0 radical (unpaired) electrons. The molecule has 7 nitrogen and oxygen atoms in total. The molecule has 25 heavy (non-hydrogen) atoms. The van der Waals surface area contributed by atoms with E-state index in [2.05, 4.69) is 34.4 Å². The van der Waals surface area contributed by atoms with E-state index in [0.717, 1.165) is 11.5 Å². The largest absolute Gasteiger partial charge is 0.338 e. The van der Waals surface area contributed by atoms with Crippen LogP contribution in [0.1, 0.15) is 31.3 Å². The highest BCUT2D eigenvalue weighted by molar-refractivity contribution is 7.99. The van der Waals surface area contributed by atoms with Gasteiger partial charge in [-0.1, -0.05) is 49.0 Å². The van der Waals surface area contributed by atoms with Crippen molar-refractivity contribution in [2.45, 2.75) is 31.8 Å². The standard InChI is InChI=1S/C17H19N5O2S/c1-11(2)16-19-17(20-22(16)13-7-5-4-6-8-13)25-10-14(23)18-15-9-12(3)21-24-15/h4-9,11H,10H2,1-3H3,(H,18,23). The fraction of sp³-hybridized carbons (Fsp3) is 0.294. The molecular formula is C17H19N5O2S. The molecule has 0 fully saturated rings. The first-order chi connectivity index (χ1) is 12.0. The van der Waals surface area contributed by atoms with Crippen LogP contribution >= 0.6 is 11.8 Å². The van der Waals surface area contributed by atoms with E-state index in [-0.39, 0.29) is 17.6 Å². The molecule has 3 aromatic rings. The maximum atomic E-state index is 12.0. The van der Waals surface area contributed by atoms with Crippen LogP contribution in [0, 0.1) is 6.92 Å². The summed E-state index contributed by atoms with van der Waals surface area (Å²) in [6.07, 6.45) is 0. The van der Waals surface area contributed by atoms with Crippen molar-refractivity contribution in [3.63, 3.8) is 0 Å². The van der Waals surface area contributed by atoms with Gasteiger partial charge < -0.3 is 4.52 Å². The first-order valence-corrected chi connectivity index (χ1v) is 8.90. The first-order valence-electron chi connectivity index (χ1n) is 7.91. The van der Waals surface area contributed by atoms with Crippen LogP contribution < -0.4 is 5.32 Å². The average molecular weight is 357 g/mol. The maximum Gasteiger partial charge on any atom is 0.237 e. The Hall–Kier alpha value is -2.61. The molecule has 0 saturated carbocycles. The molecule has 1 N–H and O–H groups in total. The molecule has 130 valence electrons. The SMILES string of the molecule is Cc1cc(NC(=O)CSc2nc(C(C)C)n(-c3ccccc3)n2)on1. The highest BCUT2D eigenvalue weighted by Crippen LogP contribution is 2.22. The molecule has 1 aromatic carbocycles. The first kappa shape index (κ1) is 17.2. The summed E-state index contributed by atoms with van der Waals surface area (Å²) in [5, 5.41) is 11.5. The second kappa shape index (κ2) is 7.52. The minimum absolute atomic E-state index is 0.191. The van der Waals surface area contributed by atoms with Crippen molar-refractivity contribution in [2.75, 3.05) is 11.1 Å². The number of hydrogen-bond acceptors (Lipinski definition) is 6. The van der Waals surface area contributed by atoms with Gasteiger partial charge in [0.15, 0.2) is 0 Å². The summed E-state index contributed by atoms with van der Waals surface area (Å²) in [4.78, 5) is 16.6. The van der Waals surface area contributed by atoms with E-state index in [1.807, 2.05) is 35.0 Å². The normalized spacial score (nSPS) is 11.0. The Bertz CT molecular complexity index is 857. The second-order valence-electron chi connectivity index (χ2n) is 5.82. The van der Waals surface area contributed by atoms with Crippen LogP contribution in [-0.4, -0.2) is 31.6 Å². The van der Waals surface area contributed by atoms with Gasteiger partial charge in [0, 0.05) is 12.0 Å². The van der Waals surface area contributed by atoms with Crippen LogP contribution in [0.15, 0.2) is 46.1 Å². The van der Waals surface area contributed by atoms with Crippen molar-refractivity contribution < 1.29 is 9.32 Å². The number of amides is 1. The molecule has 3 rings (SSSR count). The van der Waals surface area contributed by atoms with Crippen molar-refractivity contribution in [3.05, 3.63) is 47.9 Å². The molecule has 2 aromatic heterocycles. The number of nitrogens with zero attached hydrogens (tertiary/aromatic N) is 4. The predicted octanol–water partition coefficient (Wildman–Crippen LogP) is 3.42. The summed E-state index contributed by atoms with van der Waals surface area (Å²) in [7, 11) is 0. The minimum atomic E-state index is -0.191. The molecule has 0 bridgehead atoms. The molecular weight excluding hydrogens is 338 g/mol. The highest BCUT2D eigenvalue weighted by Gasteiger charge is 2.16. The minimum Gasteiger partial charge on any atom is -0.338 e. The second-order valence-corrected chi connectivity index (χ2v) is 6.77. The highest BCUT2D eigenvalue weighted by atomic mass is 32.2. The van der Waals surface area contributed by atoms with Crippen molar-refractivity contribution in [1.82, 2.24) is 19.9 Å². The summed E-state index contributed by atoms with van der Waals surface area (Å²) in [5.74, 6) is 1.42. The van der Waals surface area contributed by atoms with Crippen molar-refractivity contribution in [1.29, 1.82) is 0 Å². The lowest BCUT2D eigenvalue weighted by molar-refractivity contribution is -0.113. The number of anilines is 1. The zero-order chi connectivity index (χ0) is 17.8. The van der Waals surface area contributed by atoms with Crippen molar-refractivity contribution in [2.24, 2.45) is 0 Å². The van der Waals surface area contributed by atoms with Crippen LogP contribution in [0.2, 0.25) is 0 Å². The van der Waals surface area contributed by atoms with Gasteiger partial charge in [0.25, 0.3) is 0 Å². The van der Waals surface area contributed by atoms with E-state index < -0.39 is 0 Å². The molecule has 0 aliphatic rings. The fourth-order valence-corrected chi connectivity index (χ4v) is 2.85. The molecule has 1 amide bonds. The smallest absolute Gasteiger partial charge is 0.237 e. The van der Waals surface area contributed by atoms with E-state index in [1.54, 1.807) is 13.0 Å². The van der Waals surface area contributed by atoms with Crippen LogP contribution in [0.25, 0.3) is 5.69 Å². The Morgan fingerprint density at radius 1 is 1.32 bits per heavy atom. The van der Waals surface area contributed by atoms with Gasteiger partial charge in [-0.15, -0.1) is 5.10 Å². The van der Waals surface area contributed by atoms with Crippen molar-refractivity contribution >= 4 is 23.6 Å². The van der Waals surface area contributed by atoms with Crippen LogP contribution in [-0.2, 0) is 4.79 Å². The monoisotopic (exact) mass is 357 g/mol. The third-order valence-corrected chi connectivity index (χ3v) is 4.19. The van der Waals surface area contributed by atoms with Crippen LogP contribution in [0.3, 0.4) is 0 Å². The van der Waals surface area contributed by atoms with Gasteiger partial charge in [-0.2, -0.15) is 0 Å². The van der Waals surface area contributed by atoms with E-state index in [1.165, 1.54) is 11.8 Å². The van der Waals surface area contributed by atoms with Crippen LogP contribution in [0.5, 0.6) is 0 Å². The third-order valence-electron chi connectivity index (χ3n) is 3.35. The summed E-state index contributed by atoms with van der Waals surface area (Å²) < 4.78 is 6.80. The summed E-state index contributed by atoms with van der Waals surface area (Å²) in [5.41, 5.74) is 1.67. The molecule has 0 saturated heterocycles. The number of carbonyl (C=O) groups is 1. The zero-order valence-corrected chi connectivity index (χ0v) is 15.1. The number of aromatic nitrogens is 4. The van der Waals surface area contributed by atoms with Gasteiger partial charge in [0.2, 0.25) is 16.9 Å². The quantitative estimate of drug-likeness (QED) is 0.680. The Kier molecular flexibility index (Phi) is 5.18. The number of hydrogen-bond donors (Lipinski definition) is 1. The Morgan fingerprint density at radius 3 is 2.72 bits per heavy atom. The third kappa shape index (κ3) is 4.27. The van der Waals surface area contributed by atoms with Gasteiger partial charge in [-0.05, 0) is 19.1 Å². The van der Waals surface area contributed by atoms with E-state index in [4.69, 9.17) is 4.52 Å². The maximum absolute atomic E-state index is 12.0. The van der Waals surface area contributed by atoms with Crippen LogP contribution in [0.4, 0.5) is 5.88 Å². The predicted molar refractivity (Wildman–Crippen MR) is 96.0 cm³/mol. The lowest BCUT2D eigenvalue weighted by Gasteiger charge is -2.07. The molecule has 0 aliphatic carbocycles. The van der Waals surface area contributed by atoms with Gasteiger partial charge in [0.05, 0.1) is 17.1 Å². The Labute approximate surface area is 149 Å². The van der Waals surface area contributed by atoms with E-state index >= 15 is 0 Å². The summed E-state index contributed by atoms with van der Waals surface area (Å²) in [6.45, 7) is 5.93. The molecule has 0 atom stereocenters. The molecule has 0 unspecified atom stereocenters. The number of rotatable bonds is 6.